The van der Waals surface area contributed by atoms with Crippen LogP contribution in [0.2, 0.25) is 0 Å². The Bertz CT molecular complexity index is 1730. The monoisotopic (exact) mass is 791 g/mol. The second-order valence-electron chi connectivity index (χ2n) is 14.5. The van der Waals surface area contributed by atoms with Gasteiger partial charge in [0.2, 0.25) is 11.8 Å². The summed E-state index contributed by atoms with van der Waals surface area (Å²) in [5.41, 5.74) is -0.611. The van der Waals surface area contributed by atoms with Gasteiger partial charge < -0.3 is 21.1 Å². The SMILES string of the molecule is CC(C(=O)O)N(NS(=O)(=O)c1cccc2ccccc12)C(=O)CC(C)(NC(=O)C(CCC1CCNCC1)CCC1CCNCC1)c1ccccc1.Cl.Cl. The quantitative estimate of drug-likeness (QED) is 0.115. The Kier molecular flexibility index (Phi) is 17.0. The summed E-state index contributed by atoms with van der Waals surface area (Å²) < 4.78 is 27.6. The second-order valence-corrected chi connectivity index (χ2v) is 16.1. The van der Waals surface area contributed by atoms with E-state index in [1.165, 1.54) is 13.0 Å². The van der Waals surface area contributed by atoms with Gasteiger partial charge in [0.25, 0.3) is 10.0 Å². The van der Waals surface area contributed by atoms with E-state index in [1.54, 1.807) is 43.3 Å². The number of rotatable bonds is 16. The summed E-state index contributed by atoms with van der Waals surface area (Å²) in [6.45, 7) is 6.95. The highest BCUT2D eigenvalue weighted by Gasteiger charge is 2.39. The summed E-state index contributed by atoms with van der Waals surface area (Å²) in [6, 6.07) is 19.3. The van der Waals surface area contributed by atoms with Crippen molar-refractivity contribution < 1.29 is 27.9 Å². The fraction of sp³-hybridized carbons (Fsp3) is 0.513. The van der Waals surface area contributed by atoms with Crippen molar-refractivity contribution in [3.63, 3.8) is 0 Å². The van der Waals surface area contributed by atoms with Crippen molar-refractivity contribution in [3.05, 3.63) is 78.4 Å². The third kappa shape index (κ3) is 11.9. The lowest BCUT2D eigenvalue weighted by molar-refractivity contribution is -0.151. The maximum atomic E-state index is 14.3. The van der Waals surface area contributed by atoms with Crippen molar-refractivity contribution >= 4 is 63.4 Å². The number of fused-ring (bicyclic) bond motifs is 1. The van der Waals surface area contributed by atoms with E-state index < -0.39 is 33.5 Å². The molecule has 2 amide bonds. The number of sulfonamides is 1. The third-order valence-electron chi connectivity index (χ3n) is 10.7. The minimum absolute atomic E-state index is 0. The van der Waals surface area contributed by atoms with Gasteiger partial charge in [-0.05, 0) is 120 Å². The predicted molar refractivity (Wildman–Crippen MR) is 212 cm³/mol. The van der Waals surface area contributed by atoms with E-state index >= 15 is 0 Å². The zero-order valence-electron chi connectivity index (χ0n) is 30.6. The number of amides is 2. The molecule has 2 fully saturated rings. The molecule has 5 N–H and O–H groups in total. The second kappa shape index (κ2) is 20.4. The molecule has 0 aliphatic carbocycles. The minimum Gasteiger partial charge on any atom is -0.480 e. The summed E-state index contributed by atoms with van der Waals surface area (Å²) in [5.74, 6) is -1.46. The lowest BCUT2D eigenvalue weighted by Crippen LogP contribution is -2.56. The van der Waals surface area contributed by atoms with Crippen LogP contribution in [-0.4, -0.2) is 68.5 Å². The summed E-state index contributed by atoms with van der Waals surface area (Å²) in [6.07, 6.45) is 7.36. The molecule has 292 valence electrons. The lowest BCUT2D eigenvalue weighted by atomic mass is 9.82. The molecule has 2 aliphatic heterocycles. The highest BCUT2D eigenvalue weighted by Crippen LogP contribution is 2.31. The van der Waals surface area contributed by atoms with Crippen LogP contribution in [0, 0.1) is 17.8 Å². The highest BCUT2D eigenvalue weighted by atomic mass is 35.5. The van der Waals surface area contributed by atoms with Crippen LogP contribution in [0.15, 0.2) is 77.7 Å². The Morgan fingerprint density at radius 2 is 1.36 bits per heavy atom. The van der Waals surface area contributed by atoms with E-state index in [4.69, 9.17) is 0 Å². The normalized spacial score (nSPS) is 17.2. The summed E-state index contributed by atoms with van der Waals surface area (Å²) in [5, 5.41) is 21.8. The first-order valence-corrected chi connectivity index (χ1v) is 19.8. The van der Waals surface area contributed by atoms with Crippen LogP contribution >= 0.6 is 24.8 Å². The van der Waals surface area contributed by atoms with Crippen molar-refractivity contribution in [1.29, 1.82) is 0 Å². The van der Waals surface area contributed by atoms with E-state index in [2.05, 4.69) is 20.8 Å². The zero-order chi connectivity index (χ0) is 36.4. The number of hydrogen-bond acceptors (Lipinski definition) is 7. The molecule has 0 aromatic heterocycles. The first kappa shape index (κ1) is 44.1. The van der Waals surface area contributed by atoms with Crippen LogP contribution in [0.5, 0.6) is 0 Å². The largest absolute Gasteiger partial charge is 0.480 e. The number of hydrazine groups is 1. The Hall–Kier alpha value is -3.26. The van der Waals surface area contributed by atoms with Crippen molar-refractivity contribution in [3.8, 4) is 0 Å². The highest BCUT2D eigenvalue weighted by molar-refractivity contribution is 7.89. The molecule has 3 aromatic rings. The van der Waals surface area contributed by atoms with Crippen LogP contribution in [0.1, 0.15) is 77.2 Å². The number of carbonyl (C=O) groups excluding carboxylic acids is 2. The van der Waals surface area contributed by atoms with Gasteiger partial charge in [-0.3, -0.25) is 9.59 Å². The molecule has 2 heterocycles. The van der Waals surface area contributed by atoms with Crippen molar-refractivity contribution in [2.45, 2.75) is 88.1 Å². The Balaban J connectivity index is 0.00000378. The number of carboxylic acids is 1. The molecule has 3 aromatic carbocycles. The molecule has 2 atom stereocenters. The summed E-state index contributed by atoms with van der Waals surface area (Å²) >= 11 is 0. The number of nitrogens with zero attached hydrogens (tertiary/aromatic N) is 1. The average Bonchev–Trinajstić information content (AvgIpc) is 3.14. The first-order valence-electron chi connectivity index (χ1n) is 18.3. The fourth-order valence-corrected chi connectivity index (χ4v) is 8.82. The molecule has 14 heteroatoms. The van der Waals surface area contributed by atoms with E-state index in [0.717, 1.165) is 77.5 Å². The average molecular weight is 793 g/mol. The molecule has 0 radical (unpaired) electrons. The topological polar surface area (TPSA) is 157 Å². The van der Waals surface area contributed by atoms with Gasteiger partial charge in [-0.2, -0.15) is 0 Å². The maximum absolute atomic E-state index is 14.3. The fourth-order valence-electron chi connectivity index (χ4n) is 7.47. The number of carbonyl (C=O) groups is 3. The minimum atomic E-state index is -4.41. The number of hydrogen-bond donors (Lipinski definition) is 5. The predicted octanol–water partition coefficient (Wildman–Crippen LogP) is 5.78. The van der Waals surface area contributed by atoms with E-state index in [0.29, 0.717) is 33.2 Å². The molecule has 5 rings (SSSR count). The van der Waals surface area contributed by atoms with Crippen LogP contribution in [0.4, 0.5) is 0 Å². The van der Waals surface area contributed by atoms with Crippen molar-refractivity contribution in [1.82, 2.24) is 25.8 Å². The summed E-state index contributed by atoms with van der Waals surface area (Å²) in [4.78, 5) is 43.1. The molecule has 0 saturated carbocycles. The number of aliphatic carboxylic acids is 1. The van der Waals surface area contributed by atoms with Crippen LogP contribution in [0.3, 0.4) is 0 Å². The number of nitrogens with one attached hydrogen (secondary N) is 4. The van der Waals surface area contributed by atoms with E-state index in [1.807, 2.05) is 30.3 Å². The number of carboxylic acid groups (broad SMARTS) is 1. The number of piperidine rings is 2. The van der Waals surface area contributed by atoms with Crippen molar-refractivity contribution in [2.24, 2.45) is 17.8 Å². The van der Waals surface area contributed by atoms with Gasteiger partial charge in [-0.1, -0.05) is 66.7 Å². The number of halogens is 2. The number of benzene rings is 3. The summed E-state index contributed by atoms with van der Waals surface area (Å²) in [7, 11) is -4.41. The zero-order valence-corrected chi connectivity index (χ0v) is 33.0. The van der Waals surface area contributed by atoms with Gasteiger partial charge in [-0.25, -0.2) is 18.2 Å². The van der Waals surface area contributed by atoms with E-state index in [-0.39, 0.29) is 48.0 Å². The molecule has 53 heavy (non-hydrogen) atoms. The Morgan fingerprint density at radius 1 is 0.830 bits per heavy atom. The van der Waals surface area contributed by atoms with Gasteiger partial charge >= 0.3 is 5.97 Å². The van der Waals surface area contributed by atoms with E-state index in [9.17, 15) is 27.9 Å². The Labute approximate surface area is 326 Å². The molecule has 2 unspecified atom stereocenters. The molecule has 11 nitrogen and oxygen atoms in total. The van der Waals surface area contributed by atoms with Gasteiger partial charge in [0, 0.05) is 11.3 Å². The molecular formula is C39H55Cl2N5O6S. The molecule has 0 bridgehead atoms. The third-order valence-corrected chi connectivity index (χ3v) is 12.1. The smallest absolute Gasteiger partial charge is 0.327 e. The van der Waals surface area contributed by atoms with Crippen LogP contribution in [-0.2, 0) is 29.9 Å². The van der Waals surface area contributed by atoms with Gasteiger partial charge in [0.15, 0.2) is 0 Å². The molecule has 2 saturated heterocycles. The van der Waals surface area contributed by atoms with Gasteiger partial charge in [0.05, 0.1) is 16.9 Å². The molecule has 0 spiro atoms. The first-order chi connectivity index (χ1) is 24.5. The maximum Gasteiger partial charge on any atom is 0.327 e. The van der Waals surface area contributed by atoms with Gasteiger partial charge in [-0.15, -0.1) is 29.6 Å². The molecule has 2 aliphatic rings. The van der Waals surface area contributed by atoms with Gasteiger partial charge in [0.1, 0.15) is 6.04 Å². The van der Waals surface area contributed by atoms with Crippen molar-refractivity contribution in [2.75, 3.05) is 26.2 Å². The molecular weight excluding hydrogens is 737 g/mol. The lowest BCUT2D eigenvalue weighted by Gasteiger charge is -2.36. The van der Waals surface area contributed by atoms with Crippen LogP contribution in [0.25, 0.3) is 10.8 Å². The standard InChI is InChI=1S/C39H53N5O6S.2ClH/c1-28(38(47)48)44(43-51(49,50)35-14-8-10-31-9-6-7-13-34(31)35)36(45)27-39(2,33-11-4-3-5-12-33)42-37(46)32(17-15-29-19-23-40-24-20-29)18-16-30-21-25-41-26-22-30;;/h3-14,28-30,32,40-41,43H,15-27H2,1-2H3,(H,42,46)(H,47,48);2*1H. The Morgan fingerprint density at radius 3 is 1.92 bits per heavy atom. The van der Waals surface area contributed by atoms with Crippen LogP contribution < -0.4 is 20.8 Å².